The van der Waals surface area contributed by atoms with Crippen LogP contribution in [0.4, 0.5) is 0 Å². The smallest absolute Gasteiger partial charge is 0.327 e. The zero-order valence-electron chi connectivity index (χ0n) is 10.3. The zero-order chi connectivity index (χ0) is 13.7. The second-order valence-electron chi connectivity index (χ2n) is 4.09. The average molecular weight is 320 g/mol. The van der Waals surface area contributed by atoms with E-state index >= 15 is 0 Å². The quantitative estimate of drug-likeness (QED) is 0.880. The van der Waals surface area contributed by atoms with Gasteiger partial charge in [0.15, 0.2) is 0 Å². The minimum Gasteiger partial charge on any atom is -0.459 e. The molecule has 2 N–H and O–H groups in total. The molecule has 0 radical (unpaired) electrons. The lowest BCUT2D eigenvalue weighted by Gasteiger charge is -2.12. The maximum Gasteiger partial charge on any atom is 0.327 e. The second-order valence-corrected chi connectivity index (χ2v) is 4.94. The first-order valence-electron chi connectivity index (χ1n) is 5.89. The second kappa shape index (κ2) is 6.50. The van der Waals surface area contributed by atoms with E-state index in [1.54, 1.807) is 0 Å². The van der Waals surface area contributed by atoms with Crippen molar-refractivity contribution in [2.45, 2.75) is 12.6 Å². The van der Waals surface area contributed by atoms with Crippen LogP contribution >= 0.6 is 15.9 Å². The Bertz CT molecular complexity index is 557. The molecule has 0 bridgehead atoms. The van der Waals surface area contributed by atoms with Crippen molar-refractivity contribution in [2.24, 2.45) is 5.73 Å². The van der Waals surface area contributed by atoms with Gasteiger partial charge in [0.05, 0.1) is 0 Å². The Hall–Kier alpha value is -1.65. The molecule has 2 aromatic carbocycles. The molecule has 0 amide bonds. The van der Waals surface area contributed by atoms with Crippen molar-refractivity contribution < 1.29 is 9.53 Å². The summed E-state index contributed by atoms with van der Waals surface area (Å²) in [5.41, 5.74) is 7.52. The number of rotatable bonds is 4. The van der Waals surface area contributed by atoms with E-state index < -0.39 is 12.0 Å². The molecule has 0 aliphatic rings. The summed E-state index contributed by atoms with van der Waals surface area (Å²) in [5.74, 6) is -0.429. The van der Waals surface area contributed by atoms with Crippen LogP contribution < -0.4 is 5.73 Å². The molecule has 4 heteroatoms. The molecule has 0 saturated carbocycles. The lowest BCUT2D eigenvalue weighted by atomic mass is 10.1. The van der Waals surface area contributed by atoms with Crippen molar-refractivity contribution >= 4 is 21.9 Å². The third-order valence-electron chi connectivity index (χ3n) is 2.74. The minimum atomic E-state index is -0.747. The first-order valence-corrected chi connectivity index (χ1v) is 6.68. The molecule has 0 aliphatic carbocycles. The highest BCUT2D eigenvalue weighted by Crippen LogP contribution is 2.18. The number of hydrogen-bond donors (Lipinski definition) is 1. The van der Waals surface area contributed by atoms with Crippen molar-refractivity contribution in [1.29, 1.82) is 0 Å². The van der Waals surface area contributed by atoms with Gasteiger partial charge >= 0.3 is 5.97 Å². The third kappa shape index (κ3) is 3.66. The van der Waals surface area contributed by atoms with Gasteiger partial charge in [0.25, 0.3) is 0 Å². The molecule has 1 atom stereocenters. The Kier molecular flexibility index (Phi) is 4.71. The molecule has 0 heterocycles. The first-order chi connectivity index (χ1) is 9.18. The van der Waals surface area contributed by atoms with Crippen LogP contribution in [0.25, 0.3) is 0 Å². The van der Waals surface area contributed by atoms with E-state index in [0.29, 0.717) is 0 Å². The molecule has 3 nitrogen and oxygen atoms in total. The summed E-state index contributed by atoms with van der Waals surface area (Å²) in [6.07, 6.45) is 0. The van der Waals surface area contributed by atoms with Gasteiger partial charge in [0.2, 0.25) is 0 Å². The molecule has 1 unspecified atom stereocenters. The van der Waals surface area contributed by atoms with Gasteiger partial charge in [-0.2, -0.15) is 0 Å². The number of halogens is 1. The molecule has 2 rings (SSSR count). The van der Waals surface area contributed by atoms with Crippen molar-refractivity contribution in [3.8, 4) is 0 Å². The van der Waals surface area contributed by atoms with Crippen LogP contribution in [0.5, 0.6) is 0 Å². The maximum absolute atomic E-state index is 11.9. The maximum atomic E-state index is 11.9. The fraction of sp³-hybridized carbons (Fsp3) is 0.133. The standard InChI is InChI=1S/C15H14BrNO2/c16-13-9-5-4-8-12(13)10-19-15(18)14(17)11-6-2-1-3-7-11/h1-9,14H,10,17H2. The summed E-state index contributed by atoms with van der Waals surface area (Å²) in [6, 6.07) is 16.0. The Morgan fingerprint density at radius 1 is 1.11 bits per heavy atom. The number of carbonyl (C=O) groups excluding carboxylic acids is 1. The number of carbonyl (C=O) groups is 1. The third-order valence-corrected chi connectivity index (χ3v) is 3.51. The van der Waals surface area contributed by atoms with Crippen LogP contribution in [0.15, 0.2) is 59.1 Å². The van der Waals surface area contributed by atoms with E-state index in [4.69, 9.17) is 10.5 Å². The first kappa shape index (κ1) is 13.8. The van der Waals surface area contributed by atoms with Crippen molar-refractivity contribution in [2.75, 3.05) is 0 Å². The number of hydrogen-bond acceptors (Lipinski definition) is 3. The number of nitrogens with two attached hydrogens (primary N) is 1. The fourth-order valence-corrected chi connectivity index (χ4v) is 2.05. The summed E-state index contributed by atoms with van der Waals surface area (Å²) in [6.45, 7) is 0.209. The van der Waals surface area contributed by atoms with E-state index in [0.717, 1.165) is 15.6 Å². The number of esters is 1. The zero-order valence-corrected chi connectivity index (χ0v) is 11.8. The van der Waals surface area contributed by atoms with E-state index in [9.17, 15) is 4.79 Å². The van der Waals surface area contributed by atoms with Gasteiger partial charge in [-0.15, -0.1) is 0 Å². The Labute approximate surface area is 120 Å². The van der Waals surface area contributed by atoms with E-state index in [-0.39, 0.29) is 6.61 Å². The van der Waals surface area contributed by atoms with Gasteiger partial charge in [-0.05, 0) is 11.6 Å². The van der Waals surface area contributed by atoms with Crippen molar-refractivity contribution in [3.05, 3.63) is 70.2 Å². The monoisotopic (exact) mass is 319 g/mol. The summed E-state index contributed by atoms with van der Waals surface area (Å²) in [7, 11) is 0. The lowest BCUT2D eigenvalue weighted by Crippen LogP contribution is -2.23. The lowest BCUT2D eigenvalue weighted by molar-refractivity contribution is -0.146. The van der Waals surface area contributed by atoms with Gasteiger partial charge in [-0.1, -0.05) is 64.5 Å². The average Bonchev–Trinajstić information content (AvgIpc) is 2.46. The minimum absolute atomic E-state index is 0.209. The van der Waals surface area contributed by atoms with Gasteiger partial charge < -0.3 is 10.5 Å². The van der Waals surface area contributed by atoms with Crippen molar-refractivity contribution in [3.63, 3.8) is 0 Å². The molecule has 98 valence electrons. The molecule has 0 aliphatic heterocycles. The summed E-state index contributed by atoms with van der Waals surface area (Å²) < 4.78 is 6.14. The van der Waals surface area contributed by atoms with Crippen LogP contribution in [-0.4, -0.2) is 5.97 Å². The topological polar surface area (TPSA) is 52.3 Å². The van der Waals surface area contributed by atoms with Gasteiger partial charge in [0.1, 0.15) is 12.6 Å². The molecule has 19 heavy (non-hydrogen) atoms. The molecule has 0 fully saturated rings. The van der Waals surface area contributed by atoms with Gasteiger partial charge in [0, 0.05) is 10.0 Å². The van der Waals surface area contributed by atoms with Crippen LogP contribution in [0, 0.1) is 0 Å². The van der Waals surface area contributed by atoms with Crippen LogP contribution in [0.3, 0.4) is 0 Å². The molecular formula is C15H14BrNO2. The molecule has 2 aromatic rings. The highest BCUT2D eigenvalue weighted by Gasteiger charge is 2.17. The predicted molar refractivity (Wildman–Crippen MR) is 77.3 cm³/mol. The Morgan fingerprint density at radius 3 is 2.42 bits per heavy atom. The van der Waals surface area contributed by atoms with E-state index in [1.165, 1.54) is 0 Å². The largest absolute Gasteiger partial charge is 0.459 e. The summed E-state index contributed by atoms with van der Waals surface area (Å²) >= 11 is 3.41. The van der Waals surface area contributed by atoms with Gasteiger partial charge in [-0.25, -0.2) is 4.79 Å². The van der Waals surface area contributed by atoms with Crippen LogP contribution in [0.2, 0.25) is 0 Å². The Morgan fingerprint density at radius 2 is 1.74 bits per heavy atom. The molecule has 0 spiro atoms. The molecular weight excluding hydrogens is 306 g/mol. The van der Waals surface area contributed by atoms with Crippen molar-refractivity contribution in [1.82, 2.24) is 0 Å². The van der Waals surface area contributed by atoms with Crippen LogP contribution in [-0.2, 0) is 16.1 Å². The predicted octanol–water partition coefficient (Wildman–Crippen LogP) is 3.19. The highest BCUT2D eigenvalue weighted by atomic mass is 79.9. The van der Waals surface area contributed by atoms with E-state index in [2.05, 4.69) is 15.9 Å². The van der Waals surface area contributed by atoms with E-state index in [1.807, 2.05) is 54.6 Å². The SMILES string of the molecule is NC(C(=O)OCc1ccccc1Br)c1ccccc1. The fourth-order valence-electron chi connectivity index (χ4n) is 1.65. The number of ether oxygens (including phenoxy) is 1. The summed E-state index contributed by atoms with van der Waals surface area (Å²) in [5, 5.41) is 0. The molecule has 0 aromatic heterocycles. The Balaban J connectivity index is 1.97. The van der Waals surface area contributed by atoms with Gasteiger partial charge in [-0.3, -0.25) is 0 Å². The normalized spacial score (nSPS) is 11.9. The number of benzene rings is 2. The highest BCUT2D eigenvalue weighted by molar-refractivity contribution is 9.10. The molecule has 0 saturated heterocycles. The van der Waals surface area contributed by atoms with Crippen LogP contribution in [0.1, 0.15) is 17.2 Å². The summed E-state index contributed by atoms with van der Waals surface area (Å²) in [4.78, 5) is 11.9.